The molecule has 8 heteroatoms. The molecular weight excluding hydrogens is 384 g/mol. The normalized spacial score (nSPS) is 11.0. The molecule has 158 valence electrons. The van der Waals surface area contributed by atoms with Crippen molar-refractivity contribution in [1.29, 1.82) is 0 Å². The van der Waals surface area contributed by atoms with Gasteiger partial charge in [-0.15, -0.1) is 0 Å². The van der Waals surface area contributed by atoms with Gasteiger partial charge < -0.3 is 19.8 Å². The number of hydrogen-bond donors (Lipinski definition) is 2. The van der Waals surface area contributed by atoms with Gasteiger partial charge in [0.05, 0.1) is 37.7 Å². The number of rotatable bonds is 10. The van der Waals surface area contributed by atoms with E-state index in [1.54, 1.807) is 32.4 Å². The Kier molecular flexibility index (Phi) is 7.53. The van der Waals surface area contributed by atoms with Crippen molar-refractivity contribution < 1.29 is 14.3 Å². The number of H-pyrrole nitrogens is 1. The van der Waals surface area contributed by atoms with E-state index in [0.29, 0.717) is 43.0 Å². The Morgan fingerprint density at radius 3 is 2.63 bits per heavy atom. The molecule has 0 saturated carbocycles. The summed E-state index contributed by atoms with van der Waals surface area (Å²) >= 11 is 0. The van der Waals surface area contributed by atoms with Crippen LogP contribution < -0.4 is 15.6 Å². The second kappa shape index (κ2) is 10.5. The van der Waals surface area contributed by atoms with Crippen molar-refractivity contribution in [3.05, 3.63) is 70.3 Å². The van der Waals surface area contributed by atoms with Crippen LogP contribution in [0.4, 0.5) is 0 Å². The average molecular weight is 410 g/mol. The van der Waals surface area contributed by atoms with Gasteiger partial charge in [0.15, 0.2) is 0 Å². The number of methoxy groups -OCH3 is 2. The number of nitrogens with one attached hydrogen (secondary N) is 2. The number of ether oxygens (including phenoxy) is 2. The lowest BCUT2D eigenvalue weighted by Crippen LogP contribution is -2.38. The number of carbonyl (C=O) groups excluding carboxylic acids is 1. The number of benzene rings is 2. The molecule has 3 aromatic rings. The molecule has 0 radical (unpaired) electrons. The monoisotopic (exact) mass is 410 g/mol. The Hall–Kier alpha value is -3.23. The first-order valence-corrected chi connectivity index (χ1v) is 9.68. The molecule has 0 aliphatic heterocycles. The van der Waals surface area contributed by atoms with E-state index < -0.39 is 0 Å². The van der Waals surface area contributed by atoms with Crippen molar-refractivity contribution in [3.8, 4) is 5.75 Å². The zero-order chi connectivity index (χ0) is 21.3. The van der Waals surface area contributed by atoms with Gasteiger partial charge in [0.2, 0.25) is 5.91 Å². The van der Waals surface area contributed by atoms with E-state index in [1.807, 2.05) is 35.2 Å². The van der Waals surface area contributed by atoms with Crippen LogP contribution in [-0.4, -0.2) is 54.7 Å². The predicted molar refractivity (Wildman–Crippen MR) is 114 cm³/mol. The Balaban J connectivity index is 1.63. The third-order valence-corrected chi connectivity index (χ3v) is 4.66. The molecule has 0 spiro atoms. The second-order valence-electron chi connectivity index (χ2n) is 6.86. The maximum atomic E-state index is 12.5. The van der Waals surface area contributed by atoms with Crippen LogP contribution in [0.1, 0.15) is 11.4 Å². The van der Waals surface area contributed by atoms with Crippen molar-refractivity contribution in [2.75, 3.05) is 33.9 Å². The summed E-state index contributed by atoms with van der Waals surface area (Å²) in [5.41, 5.74) is 1.42. The van der Waals surface area contributed by atoms with Crippen molar-refractivity contribution in [3.63, 3.8) is 0 Å². The van der Waals surface area contributed by atoms with Crippen LogP contribution in [-0.2, 0) is 22.6 Å². The van der Waals surface area contributed by atoms with Crippen LogP contribution in [0.15, 0.2) is 53.3 Å². The number of nitrogens with zero attached hydrogens (tertiary/aromatic N) is 2. The summed E-state index contributed by atoms with van der Waals surface area (Å²) in [7, 11) is 3.22. The largest absolute Gasteiger partial charge is 0.497 e. The summed E-state index contributed by atoms with van der Waals surface area (Å²) < 4.78 is 10.3. The molecule has 0 fully saturated rings. The van der Waals surface area contributed by atoms with Gasteiger partial charge in [0.1, 0.15) is 11.6 Å². The Bertz CT molecular complexity index is 1030. The van der Waals surface area contributed by atoms with E-state index in [9.17, 15) is 9.59 Å². The summed E-state index contributed by atoms with van der Waals surface area (Å²) in [4.78, 5) is 34.0. The maximum Gasteiger partial charge on any atom is 0.258 e. The zero-order valence-electron chi connectivity index (χ0n) is 17.2. The lowest BCUT2D eigenvalue weighted by Gasteiger charge is -2.21. The van der Waals surface area contributed by atoms with Crippen molar-refractivity contribution in [1.82, 2.24) is 20.2 Å². The lowest BCUT2D eigenvalue weighted by atomic mass is 10.2. The van der Waals surface area contributed by atoms with Gasteiger partial charge in [-0.3, -0.25) is 14.5 Å². The van der Waals surface area contributed by atoms with Gasteiger partial charge in [-0.1, -0.05) is 24.3 Å². The highest BCUT2D eigenvalue weighted by atomic mass is 16.5. The maximum absolute atomic E-state index is 12.5. The smallest absolute Gasteiger partial charge is 0.258 e. The van der Waals surface area contributed by atoms with Gasteiger partial charge in [0.25, 0.3) is 5.56 Å². The van der Waals surface area contributed by atoms with E-state index in [2.05, 4.69) is 15.3 Å². The average Bonchev–Trinajstić information content (AvgIpc) is 2.76. The SMILES string of the molecule is COCCN(CC(=O)NCc1ccc(OC)cc1)Cc1nc2ccccc2c(=O)[nH]1. The molecule has 0 saturated heterocycles. The number of amides is 1. The van der Waals surface area contributed by atoms with E-state index in [0.717, 1.165) is 11.3 Å². The highest BCUT2D eigenvalue weighted by Crippen LogP contribution is 2.11. The third-order valence-electron chi connectivity index (χ3n) is 4.66. The summed E-state index contributed by atoms with van der Waals surface area (Å²) in [6.45, 7) is 1.91. The van der Waals surface area contributed by atoms with Crippen LogP contribution >= 0.6 is 0 Å². The minimum atomic E-state index is -0.189. The molecule has 1 aromatic heterocycles. The van der Waals surface area contributed by atoms with Gasteiger partial charge in [0, 0.05) is 20.2 Å². The summed E-state index contributed by atoms with van der Waals surface area (Å²) in [6, 6.07) is 14.7. The van der Waals surface area contributed by atoms with E-state index >= 15 is 0 Å². The number of aromatic nitrogens is 2. The minimum absolute atomic E-state index is 0.120. The number of carbonyl (C=O) groups is 1. The van der Waals surface area contributed by atoms with Crippen LogP contribution in [0.3, 0.4) is 0 Å². The molecule has 0 unspecified atom stereocenters. The van der Waals surface area contributed by atoms with Crippen molar-refractivity contribution >= 4 is 16.8 Å². The van der Waals surface area contributed by atoms with E-state index in [-0.39, 0.29) is 18.0 Å². The molecule has 0 atom stereocenters. The van der Waals surface area contributed by atoms with E-state index in [1.165, 1.54) is 0 Å². The van der Waals surface area contributed by atoms with Crippen LogP contribution in [0.2, 0.25) is 0 Å². The molecule has 1 heterocycles. The lowest BCUT2D eigenvalue weighted by molar-refractivity contribution is -0.122. The second-order valence-corrected chi connectivity index (χ2v) is 6.86. The van der Waals surface area contributed by atoms with Crippen molar-refractivity contribution in [2.45, 2.75) is 13.1 Å². The summed E-state index contributed by atoms with van der Waals surface area (Å²) in [6.07, 6.45) is 0. The molecule has 0 aliphatic rings. The fourth-order valence-corrected chi connectivity index (χ4v) is 3.06. The van der Waals surface area contributed by atoms with E-state index in [4.69, 9.17) is 9.47 Å². The first kappa shape index (κ1) is 21.5. The zero-order valence-corrected chi connectivity index (χ0v) is 17.2. The Morgan fingerprint density at radius 2 is 1.90 bits per heavy atom. The van der Waals surface area contributed by atoms with Crippen molar-refractivity contribution in [2.24, 2.45) is 0 Å². The molecular formula is C22H26N4O4. The molecule has 30 heavy (non-hydrogen) atoms. The molecule has 0 aliphatic carbocycles. The van der Waals surface area contributed by atoms with Gasteiger partial charge in [-0.25, -0.2) is 4.98 Å². The molecule has 1 amide bonds. The summed E-state index contributed by atoms with van der Waals surface area (Å²) in [5.74, 6) is 1.16. The molecule has 3 rings (SSSR count). The van der Waals surface area contributed by atoms with Crippen LogP contribution in [0.5, 0.6) is 5.75 Å². The Morgan fingerprint density at radius 1 is 1.13 bits per heavy atom. The fraction of sp³-hybridized carbons (Fsp3) is 0.318. The third kappa shape index (κ3) is 5.88. The standard InChI is InChI=1S/C22H26N4O4/c1-29-12-11-26(14-20-24-19-6-4-3-5-18(19)22(28)25-20)15-21(27)23-13-16-7-9-17(30-2)10-8-16/h3-10H,11-15H2,1-2H3,(H,23,27)(H,24,25,28). The number of aromatic amines is 1. The topological polar surface area (TPSA) is 96.5 Å². The van der Waals surface area contributed by atoms with Gasteiger partial charge in [-0.2, -0.15) is 0 Å². The Labute approximate surface area is 174 Å². The van der Waals surface area contributed by atoms with Crippen LogP contribution in [0.25, 0.3) is 10.9 Å². The molecule has 8 nitrogen and oxygen atoms in total. The van der Waals surface area contributed by atoms with Gasteiger partial charge >= 0.3 is 0 Å². The predicted octanol–water partition coefficient (Wildman–Crippen LogP) is 1.70. The van der Waals surface area contributed by atoms with Gasteiger partial charge in [-0.05, 0) is 29.8 Å². The first-order valence-electron chi connectivity index (χ1n) is 9.68. The van der Waals surface area contributed by atoms with Crippen LogP contribution in [0, 0.1) is 0 Å². The minimum Gasteiger partial charge on any atom is -0.497 e. The number of para-hydroxylation sites is 1. The summed E-state index contributed by atoms with van der Waals surface area (Å²) in [5, 5.41) is 3.46. The first-order chi connectivity index (χ1) is 14.6. The number of fused-ring (bicyclic) bond motifs is 1. The molecule has 2 N–H and O–H groups in total. The highest BCUT2D eigenvalue weighted by molar-refractivity contribution is 5.78. The highest BCUT2D eigenvalue weighted by Gasteiger charge is 2.13. The fourth-order valence-electron chi connectivity index (χ4n) is 3.06. The number of hydrogen-bond acceptors (Lipinski definition) is 6. The quantitative estimate of drug-likeness (QED) is 0.528. The molecule has 0 bridgehead atoms. The molecule has 2 aromatic carbocycles.